The molecule has 5 rings (SSSR count). The predicted molar refractivity (Wildman–Crippen MR) is 104 cm³/mol. The number of hydrogen-bond donors (Lipinski definition) is 2. The summed E-state index contributed by atoms with van der Waals surface area (Å²) in [5, 5.41) is 23.6. The Kier molecular flexibility index (Phi) is 4.06. The van der Waals surface area contributed by atoms with Gasteiger partial charge >= 0.3 is 0 Å². The van der Waals surface area contributed by atoms with Crippen LogP contribution in [0.4, 0.5) is 0 Å². The minimum atomic E-state index is -0.483. The highest BCUT2D eigenvalue weighted by Crippen LogP contribution is 2.51. The monoisotopic (exact) mass is 360 g/mol. The molecule has 3 aromatic rings. The first-order valence-electron chi connectivity index (χ1n) is 9.71. The van der Waals surface area contributed by atoms with Crippen LogP contribution in [0.5, 0.6) is 0 Å². The number of aliphatic hydroxyl groups is 1. The lowest BCUT2D eigenvalue weighted by atomic mass is 9.72. The van der Waals surface area contributed by atoms with Crippen molar-refractivity contribution in [3.63, 3.8) is 0 Å². The summed E-state index contributed by atoms with van der Waals surface area (Å²) in [7, 11) is 0. The lowest BCUT2D eigenvalue weighted by Gasteiger charge is -2.38. The third-order valence-electron chi connectivity index (χ3n) is 6.25. The SMILES string of the molecule is O[C@@H]1[C@@H](n2cc(Cc3ccccc3)nn2)c2ccccc2C12CCNCC2. The maximum Gasteiger partial charge on any atom is 0.106 e. The Morgan fingerprint density at radius 1 is 1.04 bits per heavy atom. The van der Waals surface area contributed by atoms with Crippen molar-refractivity contribution in [3.05, 3.63) is 83.2 Å². The number of fused-ring (bicyclic) bond motifs is 2. The second kappa shape index (κ2) is 6.59. The molecule has 1 spiro atoms. The van der Waals surface area contributed by atoms with Gasteiger partial charge in [0.25, 0.3) is 0 Å². The number of piperidine rings is 1. The van der Waals surface area contributed by atoms with Gasteiger partial charge < -0.3 is 10.4 Å². The molecule has 0 saturated carbocycles. The lowest BCUT2D eigenvalue weighted by Crippen LogP contribution is -2.47. The third-order valence-corrected chi connectivity index (χ3v) is 6.25. The van der Waals surface area contributed by atoms with Crippen molar-refractivity contribution < 1.29 is 5.11 Å². The number of hydrogen-bond acceptors (Lipinski definition) is 4. The van der Waals surface area contributed by atoms with Gasteiger partial charge in [0.1, 0.15) is 6.04 Å². The average Bonchev–Trinajstić information content (AvgIpc) is 3.25. The molecular formula is C22H24N4O. The van der Waals surface area contributed by atoms with E-state index in [1.807, 2.05) is 29.1 Å². The van der Waals surface area contributed by atoms with Crippen LogP contribution in [0.3, 0.4) is 0 Å². The highest BCUT2D eigenvalue weighted by molar-refractivity contribution is 5.45. The number of benzene rings is 2. The zero-order valence-corrected chi connectivity index (χ0v) is 15.3. The Hall–Kier alpha value is -2.50. The van der Waals surface area contributed by atoms with Gasteiger partial charge in [0, 0.05) is 18.0 Å². The Morgan fingerprint density at radius 3 is 2.59 bits per heavy atom. The van der Waals surface area contributed by atoms with Crippen LogP contribution in [-0.4, -0.2) is 39.3 Å². The lowest BCUT2D eigenvalue weighted by molar-refractivity contribution is 0.0421. The molecule has 1 aromatic heterocycles. The predicted octanol–water partition coefficient (Wildman–Crippen LogP) is 2.45. The van der Waals surface area contributed by atoms with Crippen molar-refractivity contribution in [2.75, 3.05) is 13.1 Å². The van der Waals surface area contributed by atoms with Gasteiger partial charge in [0.2, 0.25) is 0 Å². The van der Waals surface area contributed by atoms with Gasteiger partial charge in [-0.3, -0.25) is 0 Å². The number of nitrogens with one attached hydrogen (secondary N) is 1. The molecule has 1 aliphatic carbocycles. The van der Waals surface area contributed by atoms with Gasteiger partial charge in [-0.15, -0.1) is 5.10 Å². The van der Waals surface area contributed by atoms with Crippen molar-refractivity contribution in [2.24, 2.45) is 0 Å². The normalized spacial score (nSPS) is 23.4. The highest BCUT2D eigenvalue weighted by Gasteiger charge is 2.52. The van der Waals surface area contributed by atoms with Crippen molar-refractivity contribution in [1.82, 2.24) is 20.3 Å². The van der Waals surface area contributed by atoms with Crippen LogP contribution >= 0.6 is 0 Å². The molecule has 5 heteroatoms. The van der Waals surface area contributed by atoms with E-state index in [1.54, 1.807) is 0 Å². The Bertz CT molecular complexity index is 930. The summed E-state index contributed by atoms with van der Waals surface area (Å²) in [5.74, 6) is 0. The molecule has 0 bridgehead atoms. The Morgan fingerprint density at radius 2 is 1.78 bits per heavy atom. The summed E-state index contributed by atoms with van der Waals surface area (Å²) in [6.07, 6.45) is 4.17. The van der Waals surface area contributed by atoms with E-state index in [0.29, 0.717) is 0 Å². The van der Waals surface area contributed by atoms with Gasteiger partial charge in [-0.25, -0.2) is 4.68 Å². The first kappa shape index (κ1) is 16.7. The fraction of sp³-hybridized carbons (Fsp3) is 0.364. The van der Waals surface area contributed by atoms with E-state index < -0.39 is 6.10 Å². The van der Waals surface area contributed by atoms with E-state index in [0.717, 1.165) is 38.0 Å². The minimum Gasteiger partial charge on any atom is -0.390 e. The molecule has 2 atom stereocenters. The number of rotatable bonds is 3. The summed E-state index contributed by atoms with van der Waals surface area (Å²) in [6.45, 7) is 1.88. The Labute approximate surface area is 159 Å². The zero-order chi connectivity index (χ0) is 18.3. The molecule has 5 nitrogen and oxygen atoms in total. The quantitative estimate of drug-likeness (QED) is 0.753. The molecule has 138 valence electrons. The average molecular weight is 360 g/mol. The van der Waals surface area contributed by atoms with E-state index >= 15 is 0 Å². The van der Waals surface area contributed by atoms with Crippen LogP contribution in [0.15, 0.2) is 60.8 Å². The first-order chi connectivity index (χ1) is 13.3. The Balaban J connectivity index is 1.50. The van der Waals surface area contributed by atoms with Crippen LogP contribution in [0.1, 0.15) is 41.3 Å². The van der Waals surface area contributed by atoms with E-state index in [-0.39, 0.29) is 11.5 Å². The van der Waals surface area contributed by atoms with Crippen LogP contribution in [0, 0.1) is 0 Å². The summed E-state index contributed by atoms with van der Waals surface area (Å²) in [5.41, 5.74) is 4.42. The van der Waals surface area contributed by atoms with Crippen LogP contribution < -0.4 is 5.32 Å². The molecule has 2 N–H and O–H groups in total. The van der Waals surface area contributed by atoms with E-state index in [2.05, 4.69) is 52.0 Å². The van der Waals surface area contributed by atoms with E-state index in [4.69, 9.17) is 0 Å². The van der Waals surface area contributed by atoms with Gasteiger partial charge in [0.05, 0.1) is 11.8 Å². The molecule has 2 aromatic carbocycles. The molecular weight excluding hydrogens is 336 g/mol. The number of nitrogens with zero attached hydrogens (tertiary/aromatic N) is 3. The van der Waals surface area contributed by atoms with Crippen molar-refractivity contribution in [1.29, 1.82) is 0 Å². The molecule has 1 saturated heterocycles. The standard InChI is InChI=1S/C22H24N4O/c27-21-20(26-15-17(24-25-26)14-16-6-2-1-3-7-16)18-8-4-5-9-19(18)22(21)10-12-23-13-11-22/h1-9,15,20-21,23,27H,10-14H2/t20-,21+/m0/s1. The second-order valence-corrected chi connectivity index (χ2v) is 7.74. The van der Waals surface area contributed by atoms with Crippen LogP contribution in [0.2, 0.25) is 0 Å². The molecule has 1 aliphatic heterocycles. The molecule has 1 fully saturated rings. The van der Waals surface area contributed by atoms with Gasteiger partial charge in [-0.1, -0.05) is 59.8 Å². The minimum absolute atomic E-state index is 0.170. The van der Waals surface area contributed by atoms with Crippen LogP contribution in [-0.2, 0) is 11.8 Å². The summed E-state index contributed by atoms with van der Waals surface area (Å²) in [6, 6.07) is 18.6. The number of aliphatic hydroxyl groups excluding tert-OH is 1. The van der Waals surface area contributed by atoms with Crippen molar-refractivity contribution in [2.45, 2.75) is 36.8 Å². The molecule has 0 amide bonds. The maximum absolute atomic E-state index is 11.4. The second-order valence-electron chi connectivity index (χ2n) is 7.74. The summed E-state index contributed by atoms with van der Waals surface area (Å²) in [4.78, 5) is 0. The molecule has 0 unspecified atom stereocenters. The molecule has 2 aliphatic rings. The van der Waals surface area contributed by atoms with Gasteiger partial charge in [-0.05, 0) is 42.6 Å². The zero-order valence-electron chi connectivity index (χ0n) is 15.3. The van der Waals surface area contributed by atoms with Crippen LogP contribution in [0.25, 0.3) is 0 Å². The van der Waals surface area contributed by atoms with Crippen molar-refractivity contribution in [3.8, 4) is 0 Å². The van der Waals surface area contributed by atoms with Gasteiger partial charge in [-0.2, -0.15) is 0 Å². The third kappa shape index (κ3) is 2.69. The van der Waals surface area contributed by atoms with E-state index in [9.17, 15) is 5.11 Å². The maximum atomic E-state index is 11.4. The first-order valence-corrected chi connectivity index (χ1v) is 9.71. The smallest absolute Gasteiger partial charge is 0.106 e. The molecule has 27 heavy (non-hydrogen) atoms. The highest BCUT2D eigenvalue weighted by atomic mass is 16.3. The largest absolute Gasteiger partial charge is 0.390 e. The summed E-state index contributed by atoms with van der Waals surface area (Å²) < 4.78 is 1.87. The topological polar surface area (TPSA) is 63.0 Å². The molecule has 2 heterocycles. The van der Waals surface area contributed by atoms with Crippen molar-refractivity contribution >= 4 is 0 Å². The molecule has 0 radical (unpaired) electrons. The summed E-state index contributed by atoms with van der Waals surface area (Å²) >= 11 is 0. The van der Waals surface area contributed by atoms with Gasteiger partial charge in [0.15, 0.2) is 0 Å². The fourth-order valence-electron chi connectivity index (χ4n) is 4.90. The van der Waals surface area contributed by atoms with E-state index in [1.165, 1.54) is 16.7 Å². The fourth-order valence-corrected chi connectivity index (χ4v) is 4.90. The number of aromatic nitrogens is 3.